The first-order valence-corrected chi connectivity index (χ1v) is 7.27. The first-order valence-electron chi connectivity index (χ1n) is 7.27. The molecule has 1 aliphatic rings. The van der Waals surface area contributed by atoms with Gasteiger partial charge in [0.15, 0.2) is 0 Å². The fraction of sp³-hybridized carbons (Fsp3) is 0.562. The molecule has 0 aliphatic carbocycles. The third kappa shape index (κ3) is 4.67. The Labute approximate surface area is 115 Å². The van der Waals surface area contributed by atoms with Crippen LogP contribution < -0.4 is 10.6 Å². The van der Waals surface area contributed by atoms with E-state index in [1.807, 2.05) is 18.2 Å². The minimum atomic E-state index is 0.168. The molecule has 0 saturated carbocycles. The van der Waals surface area contributed by atoms with Crippen LogP contribution >= 0.6 is 0 Å². The second kappa shape index (κ2) is 7.29. The SMILES string of the molecule is CC1CCNCC1CNC(=O)CCc1ccccc1. The summed E-state index contributed by atoms with van der Waals surface area (Å²) in [5.41, 5.74) is 1.23. The van der Waals surface area contributed by atoms with E-state index >= 15 is 0 Å². The fourth-order valence-electron chi connectivity index (χ4n) is 2.56. The van der Waals surface area contributed by atoms with Crippen molar-refractivity contribution in [3.63, 3.8) is 0 Å². The van der Waals surface area contributed by atoms with Crippen molar-refractivity contribution in [1.82, 2.24) is 10.6 Å². The summed E-state index contributed by atoms with van der Waals surface area (Å²) in [4.78, 5) is 11.8. The summed E-state index contributed by atoms with van der Waals surface area (Å²) in [6.45, 7) is 5.23. The number of hydrogen-bond acceptors (Lipinski definition) is 2. The van der Waals surface area contributed by atoms with Crippen LogP contribution in [0.3, 0.4) is 0 Å². The van der Waals surface area contributed by atoms with Gasteiger partial charge in [-0.1, -0.05) is 37.3 Å². The van der Waals surface area contributed by atoms with E-state index in [4.69, 9.17) is 0 Å². The number of carbonyl (C=O) groups excluding carboxylic acids is 1. The second-order valence-electron chi connectivity index (χ2n) is 5.52. The number of nitrogens with one attached hydrogen (secondary N) is 2. The van der Waals surface area contributed by atoms with Gasteiger partial charge in [0.05, 0.1) is 0 Å². The minimum absolute atomic E-state index is 0.168. The highest BCUT2D eigenvalue weighted by atomic mass is 16.1. The van der Waals surface area contributed by atoms with E-state index in [0.717, 1.165) is 26.1 Å². The molecule has 1 fully saturated rings. The Morgan fingerprint density at radius 1 is 1.37 bits per heavy atom. The predicted molar refractivity (Wildman–Crippen MR) is 77.9 cm³/mol. The summed E-state index contributed by atoms with van der Waals surface area (Å²) >= 11 is 0. The molecule has 0 spiro atoms. The van der Waals surface area contributed by atoms with Crippen LogP contribution in [0.15, 0.2) is 30.3 Å². The maximum absolute atomic E-state index is 11.8. The number of piperidine rings is 1. The number of hydrogen-bond donors (Lipinski definition) is 2. The van der Waals surface area contributed by atoms with E-state index < -0.39 is 0 Å². The number of benzene rings is 1. The molecular weight excluding hydrogens is 236 g/mol. The molecule has 2 atom stereocenters. The summed E-state index contributed by atoms with van der Waals surface area (Å²) in [5.74, 6) is 1.45. The molecule has 104 valence electrons. The lowest BCUT2D eigenvalue weighted by molar-refractivity contribution is -0.121. The first kappa shape index (κ1) is 14.1. The molecular formula is C16H24N2O. The maximum Gasteiger partial charge on any atom is 0.220 e. The maximum atomic E-state index is 11.8. The average molecular weight is 260 g/mol. The van der Waals surface area contributed by atoms with E-state index in [9.17, 15) is 4.79 Å². The fourth-order valence-corrected chi connectivity index (χ4v) is 2.56. The Hall–Kier alpha value is -1.35. The van der Waals surface area contributed by atoms with Crippen LogP contribution in [0.4, 0.5) is 0 Å². The van der Waals surface area contributed by atoms with E-state index in [2.05, 4.69) is 29.7 Å². The van der Waals surface area contributed by atoms with Gasteiger partial charge in [0.1, 0.15) is 0 Å². The molecule has 1 heterocycles. The third-order valence-electron chi connectivity index (χ3n) is 4.03. The van der Waals surface area contributed by atoms with Crippen LogP contribution in [-0.2, 0) is 11.2 Å². The molecule has 19 heavy (non-hydrogen) atoms. The highest BCUT2D eigenvalue weighted by Crippen LogP contribution is 2.17. The van der Waals surface area contributed by atoms with Crippen LogP contribution in [0.2, 0.25) is 0 Å². The Balaban J connectivity index is 1.67. The zero-order valence-corrected chi connectivity index (χ0v) is 11.7. The van der Waals surface area contributed by atoms with E-state index in [0.29, 0.717) is 18.3 Å². The molecule has 0 radical (unpaired) electrons. The van der Waals surface area contributed by atoms with Crippen LogP contribution in [0.25, 0.3) is 0 Å². The zero-order valence-electron chi connectivity index (χ0n) is 11.7. The molecule has 1 aliphatic heterocycles. The lowest BCUT2D eigenvalue weighted by Gasteiger charge is -2.29. The summed E-state index contributed by atoms with van der Waals surface area (Å²) in [5, 5.41) is 6.47. The molecule has 3 heteroatoms. The van der Waals surface area contributed by atoms with Gasteiger partial charge < -0.3 is 10.6 Å². The highest BCUT2D eigenvalue weighted by molar-refractivity contribution is 5.76. The lowest BCUT2D eigenvalue weighted by atomic mass is 9.88. The number of amides is 1. The van der Waals surface area contributed by atoms with Crippen molar-refractivity contribution in [2.75, 3.05) is 19.6 Å². The van der Waals surface area contributed by atoms with Crippen molar-refractivity contribution in [3.05, 3.63) is 35.9 Å². The second-order valence-corrected chi connectivity index (χ2v) is 5.52. The van der Waals surface area contributed by atoms with Crippen LogP contribution in [0, 0.1) is 11.8 Å². The minimum Gasteiger partial charge on any atom is -0.356 e. The van der Waals surface area contributed by atoms with Gasteiger partial charge in [-0.3, -0.25) is 4.79 Å². The quantitative estimate of drug-likeness (QED) is 0.850. The van der Waals surface area contributed by atoms with Gasteiger partial charge in [0.25, 0.3) is 0 Å². The molecule has 1 saturated heterocycles. The van der Waals surface area contributed by atoms with Crippen molar-refractivity contribution in [3.8, 4) is 0 Å². The first-order chi connectivity index (χ1) is 9.25. The van der Waals surface area contributed by atoms with Crippen LogP contribution in [0.1, 0.15) is 25.3 Å². The lowest BCUT2D eigenvalue weighted by Crippen LogP contribution is -2.42. The van der Waals surface area contributed by atoms with Crippen molar-refractivity contribution in [2.45, 2.75) is 26.2 Å². The Bertz CT molecular complexity index is 391. The summed E-state index contributed by atoms with van der Waals surface area (Å²) < 4.78 is 0. The normalized spacial score (nSPS) is 23.0. The number of carbonyl (C=O) groups is 1. The van der Waals surface area contributed by atoms with Gasteiger partial charge >= 0.3 is 0 Å². The molecule has 1 amide bonds. The van der Waals surface area contributed by atoms with Gasteiger partial charge in [-0.15, -0.1) is 0 Å². The molecule has 0 bridgehead atoms. The van der Waals surface area contributed by atoms with Gasteiger partial charge in [0.2, 0.25) is 5.91 Å². The molecule has 1 aromatic carbocycles. The third-order valence-corrected chi connectivity index (χ3v) is 4.03. The summed E-state index contributed by atoms with van der Waals surface area (Å²) in [7, 11) is 0. The molecule has 0 aromatic heterocycles. The van der Waals surface area contributed by atoms with E-state index in [-0.39, 0.29) is 5.91 Å². The molecule has 2 N–H and O–H groups in total. The Morgan fingerprint density at radius 3 is 2.89 bits per heavy atom. The van der Waals surface area contributed by atoms with Crippen molar-refractivity contribution in [1.29, 1.82) is 0 Å². The zero-order chi connectivity index (χ0) is 13.5. The topological polar surface area (TPSA) is 41.1 Å². The molecule has 3 nitrogen and oxygen atoms in total. The van der Waals surface area contributed by atoms with Crippen LogP contribution in [-0.4, -0.2) is 25.5 Å². The van der Waals surface area contributed by atoms with E-state index in [1.165, 1.54) is 12.0 Å². The molecule has 1 aromatic rings. The standard InChI is InChI=1S/C16H24N2O/c1-13-9-10-17-11-15(13)12-18-16(19)8-7-14-5-3-2-4-6-14/h2-6,13,15,17H,7-12H2,1H3,(H,18,19). The number of rotatable bonds is 5. The monoisotopic (exact) mass is 260 g/mol. The largest absolute Gasteiger partial charge is 0.356 e. The Morgan fingerprint density at radius 2 is 2.16 bits per heavy atom. The van der Waals surface area contributed by atoms with Gasteiger partial charge in [-0.2, -0.15) is 0 Å². The number of aryl methyl sites for hydroxylation is 1. The van der Waals surface area contributed by atoms with Crippen molar-refractivity contribution in [2.24, 2.45) is 11.8 Å². The predicted octanol–water partition coefficient (Wildman–Crippen LogP) is 1.98. The van der Waals surface area contributed by atoms with Crippen molar-refractivity contribution >= 4 is 5.91 Å². The average Bonchev–Trinajstić information content (AvgIpc) is 2.45. The van der Waals surface area contributed by atoms with Crippen LogP contribution in [0.5, 0.6) is 0 Å². The Kier molecular flexibility index (Phi) is 5.40. The van der Waals surface area contributed by atoms with Crippen molar-refractivity contribution < 1.29 is 4.79 Å². The molecule has 2 rings (SSSR count). The van der Waals surface area contributed by atoms with Gasteiger partial charge in [0, 0.05) is 13.0 Å². The van der Waals surface area contributed by atoms with E-state index in [1.54, 1.807) is 0 Å². The summed E-state index contributed by atoms with van der Waals surface area (Å²) in [6, 6.07) is 10.2. The molecule has 2 unspecified atom stereocenters. The smallest absolute Gasteiger partial charge is 0.220 e. The summed E-state index contributed by atoms with van der Waals surface area (Å²) in [6.07, 6.45) is 2.62. The highest BCUT2D eigenvalue weighted by Gasteiger charge is 2.21. The van der Waals surface area contributed by atoms with Gasteiger partial charge in [-0.05, 0) is 43.3 Å². The van der Waals surface area contributed by atoms with Gasteiger partial charge in [-0.25, -0.2) is 0 Å².